The van der Waals surface area contributed by atoms with Crippen LogP contribution in [0.2, 0.25) is 0 Å². The van der Waals surface area contributed by atoms with Crippen molar-refractivity contribution in [3.8, 4) is 0 Å². The first kappa shape index (κ1) is 15.7. The summed E-state index contributed by atoms with van der Waals surface area (Å²) in [5.41, 5.74) is 0. The van der Waals surface area contributed by atoms with Gasteiger partial charge < -0.3 is 10.1 Å². The summed E-state index contributed by atoms with van der Waals surface area (Å²) in [7, 11) is 0. The zero-order chi connectivity index (χ0) is 12.6. The number of nitrogens with one attached hydrogen (secondary N) is 1. The zero-order valence-corrected chi connectivity index (χ0v) is 10.2. The minimum absolute atomic E-state index is 0.124. The highest BCUT2D eigenvalue weighted by molar-refractivity contribution is 4.70. The smallest absolute Gasteiger partial charge is 0.380 e. The third-order valence-corrected chi connectivity index (χ3v) is 2.35. The number of alkyl halides is 3. The van der Waals surface area contributed by atoms with Crippen LogP contribution in [0.5, 0.6) is 0 Å². The first-order valence-corrected chi connectivity index (χ1v) is 5.74. The molecule has 0 bridgehead atoms. The van der Waals surface area contributed by atoms with Crippen molar-refractivity contribution in [2.24, 2.45) is 5.92 Å². The molecule has 1 unspecified atom stereocenters. The van der Waals surface area contributed by atoms with E-state index in [1.807, 2.05) is 20.8 Å². The van der Waals surface area contributed by atoms with Gasteiger partial charge in [0.1, 0.15) is 0 Å². The van der Waals surface area contributed by atoms with Gasteiger partial charge in [-0.2, -0.15) is 13.2 Å². The summed E-state index contributed by atoms with van der Waals surface area (Å²) in [4.78, 5) is 0. The highest BCUT2D eigenvalue weighted by Gasteiger charge is 2.26. The summed E-state index contributed by atoms with van der Waals surface area (Å²) in [6.45, 7) is 7.53. The molecular weight excluding hydrogens is 219 g/mol. The predicted molar refractivity (Wildman–Crippen MR) is 58.4 cm³/mol. The fourth-order valence-corrected chi connectivity index (χ4v) is 1.31. The lowest BCUT2D eigenvalue weighted by atomic mass is 10.1. The Hall–Kier alpha value is -0.290. The fourth-order valence-electron chi connectivity index (χ4n) is 1.31. The van der Waals surface area contributed by atoms with Crippen LogP contribution in [0.25, 0.3) is 0 Å². The van der Waals surface area contributed by atoms with E-state index in [0.29, 0.717) is 25.7 Å². The lowest BCUT2D eigenvalue weighted by molar-refractivity contribution is -0.135. The normalized spacial score (nSPS) is 14.4. The maximum Gasteiger partial charge on any atom is 0.389 e. The van der Waals surface area contributed by atoms with E-state index in [-0.39, 0.29) is 12.5 Å². The Labute approximate surface area is 95.5 Å². The molecule has 1 atom stereocenters. The maximum atomic E-state index is 11.9. The van der Waals surface area contributed by atoms with Gasteiger partial charge in [-0.15, -0.1) is 0 Å². The van der Waals surface area contributed by atoms with Crippen LogP contribution in [-0.2, 0) is 4.74 Å². The van der Waals surface area contributed by atoms with Crippen molar-refractivity contribution < 1.29 is 17.9 Å². The summed E-state index contributed by atoms with van der Waals surface area (Å²) in [5, 5.41) is 3.10. The quantitative estimate of drug-likeness (QED) is 0.660. The summed E-state index contributed by atoms with van der Waals surface area (Å²) in [5.74, 6) is 0.359. The topological polar surface area (TPSA) is 21.3 Å². The average Bonchev–Trinajstić information content (AvgIpc) is 2.14. The summed E-state index contributed by atoms with van der Waals surface area (Å²) < 4.78 is 40.9. The molecule has 0 heterocycles. The van der Waals surface area contributed by atoms with Crippen LogP contribution in [0.4, 0.5) is 13.2 Å². The maximum absolute atomic E-state index is 11.9. The number of hydrogen-bond acceptors (Lipinski definition) is 2. The molecule has 0 spiro atoms. The van der Waals surface area contributed by atoms with E-state index in [4.69, 9.17) is 4.74 Å². The molecule has 0 saturated carbocycles. The fraction of sp³-hybridized carbons (Fsp3) is 1.00. The SMILES string of the molecule is CCOCC(NCCCC(F)(F)F)C(C)C. The lowest BCUT2D eigenvalue weighted by Crippen LogP contribution is -2.38. The molecule has 0 aliphatic heterocycles. The average molecular weight is 241 g/mol. The van der Waals surface area contributed by atoms with Crippen LogP contribution >= 0.6 is 0 Å². The Kier molecular flexibility index (Phi) is 7.76. The Balaban J connectivity index is 3.68. The second kappa shape index (κ2) is 7.90. The van der Waals surface area contributed by atoms with E-state index in [0.717, 1.165) is 0 Å². The van der Waals surface area contributed by atoms with Crippen LogP contribution < -0.4 is 5.32 Å². The van der Waals surface area contributed by atoms with Crippen molar-refractivity contribution in [1.82, 2.24) is 5.32 Å². The van der Waals surface area contributed by atoms with E-state index in [9.17, 15) is 13.2 Å². The van der Waals surface area contributed by atoms with E-state index < -0.39 is 12.6 Å². The number of rotatable bonds is 8. The highest BCUT2D eigenvalue weighted by Crippen LogP contribution is 2.20. The zero-order valence-electron chi connectivity index (χ0n) is 10.2. The van der Waals surface area contributed by atoms with Crippen molar-refractivity contribution >= 4 is 0 Å². The molecule has 0 aromatic carbocycles. The summed E-state index contributed by atoms with van der Waals surface area (Å²) in [6.07, 6.45) is -4.65. The molecule has 2 nitrogen and oxygen atoms in total. The molecule has 5 heteroatoms. The van der Waals surface area contributed by atoms with E-state index in [1.54, 1.807) is 0 Å². The van der Waals surface area contributed by atoms with E-state index >= 15 is 0 Å². The molecular formula is C11H22F3NO. The van der Waals surface area contributed by atoms with Crippen molar-refractivity contribution in [2.75, 3.05) is 19.8 Å². The Bertz CT molecular complexity index is 171. The third-order valence-electron chi connectivity index (χ3n) is 2.35. The van der Waals surface area contributed by atoms with Crippen molar-refractivity contribution in [3.05, 3.63) is 0 Å². The molecule has 0 radical (unpaired) electrons. The van der Waals surface area contributed by atoms with Crippen LogP contribution in [-0.4, -0.2) is 32.0 Å². The van der Waals surface area contributed by atoms with Gasteiger partial charge in [-0.3, -0.25) is 0 Å². The molecule has 16 heavy (non-hydrogen) atoms. The second-order valence-electron chi connectivity index (χ2n) is 4.18. The van der Waals surface area contributed by atoms with E-state index in [2.05, 4.69) is 5.32 Å². The molecule has 0 saturated heterocycles. The van der Waals surface area contributed by atoms with Crippen molar-refractivity contribution in [1.29, 1.82) is 0 Å². The molecule has 1 N–H and O–H groups in total. The minimum Gasteiger partial charge on any atom is -0.380 e. The Morgan fingerprint density at radius 2 is 1.88 bits per heavy atom. The summed E-state index contributed by atoms with van der Waals surface area (Å²) in [6, 6.07) is 0.133. The van der Waals surface area contributed by atoms with Gasteiger partial charge in [0.05, 0.1) is 6.61 Å². The molecule has 0 aliphatic carbocycles. The molecule has 0 aliphatic rings. The van der Waals surface area contributed by atoms with Crippen molar-refractivity contribution in [2.45, 2.75) is 45.8 Å². The van der Waals surface area contributed by atoms with Crippen LogP contribution in [0.1, 0.15) is 33.6 Å². The third kappa shape index (κ3) is 8.97. The second-order valence-corrected chi connectivity index (χ2v) is 4.18. The van der Waals surface area contributed by atoms with Crippen LogP contribution in [0, 0.1) is 5.92 Å². The van der Waals surface area contributed by atoms with Crippen LogP contribution in [0.3, 0.4) is 0 Å². The molecule has 0 rings (SSSR count). The molecule has 0 aromatic rings. The lowest BCUT2D eigenvalue weighted by Gasteiger charge is -2.22. The van der Waals surface area contributed by atoms with Gasteiger partial charge in [0.15, 0.2) is 0 Å². The number of ether oxygens (including phenoxy) is 1. The van der Waals surface area contributed by atoms with Gasteiger partial charge in [0, 0.05) is 19.1 Å². The van der Waals surface area contributed by atoms with Gasteiger partial charge in [-0.25, -0.2) is 0 Å². The number of halogens is 3. The molecule has 0 fully saturated rings. The van der Waals surface area contributed by atoms with Crippen molar-refractivity contribution in [3.63, 3.8) is 0 Å². The largest absolute Gasteiger partial charge is 0.389 e. The van der Waals surface area contributed by atoms with Gasteiger partial charge in [-0.05, 0) is 25.8 Å². The van der Waals surface area contributed by atoms with Gasteiger partial charge >= 0.3 is 6.18 Å². The monoisotopic (exact) mass is 241 g/mol. The highest BCUT2D eigenvalue weighted by atomic mass is 19.4. The molecule has 0 amide bonds. The van der Waals surface area contributed by atoms with Gasteiger partial charge in [0.25, 0.3) is 0 Å². The Morgan fingerprint density at radius 3 is 2.31 bits per heavy atom. The first-order valence-electron chi connectivity index (χ1n) is 5.74. The first-order chi connectivity index (χ1) is 7.37. The number of hydrogen-bond donors (Lipinski definition) is 1. The summed E-state index contributed by atoms with van der Waals surface area (Å²) >= 11 is 0. The van der Waals surface area contributed by atoms with Gasteiger partial charge in [0.2, 0.25) is 0 Å². The molecule has 0 aromatic heterocycles. The van der Waals surface area contributed by atoms with Gasteiger partial charge in [-0.1, -0.05) is 13.8 Å². The predicted octanol–water partition coefficient (Wildman–Crippen LogP) is 2.98. The van der Waals surface area contributed by atoms with Crippen LogP contribution in [0.15, 0.2) is 0 Å². The minimum atomic E-state index is -4.05. The van der Waals surface area contributed by atoms with E-state index in [1.165, 1.54) is 0 Å². The molecule has 98 valence electrons. The standard InChI is InChI=1S/C11H22F3NO/c1-4-16-8-10(9(2)3)15-7-5-6-11(12,13)14/h9-10,15H,4-8H2,1-3H3. The Morgan fingerprint density at radius 1 is 1.25 bits per heavy atom.